The molecular formula is C15H17NO2S. The highest BCUT2D eigenvalue weighted by atomic mass is 32.2. The predicted octanol–water partition coefficient (Wildman–Crippen LogP) is 2.94. The molecule has 100 valence electrons. The van der Waals surface area contributed by atoms with Gasteiger partial charge in [0.15, 0.2) is 0 Å². The van der Waals surface area contributed by atoms with E-state index in [0.29, 0.717) is 12.8 Å². The normalized spacial score (nSPS) is 13.6. The zero-order valence-electron chi connectivity index (χ0n) is 10.7. The summed E-state index contributed by atoms with van der Waals surface area (Å²) in [5, 5.41) is 1.92. The zero-order valence-corrected chi connectivity index (χ0v) is 11.5. The lowest BCUT2D eigenvalue weighted by molar-refractivity contribution is 0.563. The summed E-state index contributed by atoms with van der Waals surface area (Å²) in [5.74, 6) is 0. The maximum Gasteiger partial charge on any atom is 0.240 e. The molecule has 0 heterocycles. The summed E-state index contributed by atoms with van der Waals surface area (Å²) >= 11 is 0. The fraction of sp³-hybridized carbons (Fsp3) is 0.200. The van der Waals surface area contributed by atoms with Crippen molar-refractivity contribution in [1.29, 1.82) is 0 Å². The maximum atomic E-state index is 12.2. The Kier molecular flexibility index (Phi) is 4.22. The van der Waals surface area contributed by atoms with Crippen LogP contribution in [0.3, 0.4) is 0 Å². The van der Waals surface area contributed by atoms with Crippen molar-refractivity contribution < 1.29 is 8.42 Å². The molecule has 0 saturated heterocycles. The van der Waals surface area contributed by atoms with Gasteiger partial charge in [0.25, 0.3) is 0 Å². The van der Waals surface area contributed by atoms with Crippen LogP contribution in [0.15, 0.2) is 47.4 Å². The first-order valence-corrected chi connectivity index (χ1v) is 7.65. The van der Waals surface area contributed by atoms with E-state index in [1.54, 1.807) is 12.1 Å². The summed E-state index contributed by atoms with van der Waals surface area (Å²) in [5.41, 5.74) is 0. The summed E-state index contributed by atoms with van der Waals surface area (Å²) in [7, 11) is -3.51. The lowest BCUT2D eigenvalue weighted by Gasteiger charge is -2.13. The van der Waals surface area contributed by atoms with Gasteiger partial charge in [0.05, 0.1) is 4.90 Å². The van der Waals surface area contributed by atoms with Crippen LogP contribution in [-0.2, 0) is 10.0 Å². The van der Waals surface area contributed by atoms with E-state index in [-0.39, 0.29) is 10.9 Å². The van der Waals surface area contributed by atoms with Crippen LogP contribution in [0.1, 0.15) is 12.8 Å². The Morgan fingerprint density at radius 3 is 2.47 bits per heavy atom. The maximum absolute atomic E-state index is 12.2. The Hall–Kier alpha value is -1.39. The molecule has 3 nitrogen and oxygen atoms in total. The van der Waals surface area contributed by atoms with Gasteiger partial charge in [0, 0.05) is 6.04 Å². The minimum atomic E-state index is -3.51. The first-order valence-electron chi connectivity index (χ1n) is 6.16. The van der Waals surface area contributed by atoms with E-state index in [9.17, 15) is 8.42 Å². The Balaban J connectivity index is 2.32. The molecule has 19 heavy (non-hydrogen) atoms. The van der Waals surface area contributed by atoms with Gasteiger partial charge in [-0.25, -0.2) is 13.1 Å². The largest absolute Gasteiger partial charge is 0.240 e. The molecule has 0 saturated carbocycles. The Bertz CT molecular complexity index is 665. The summed E-state index contributed by atoms with van der Waals surface area (Å²) in [6, 6.07) is 12.4. The molecule has 0 fully saturated rings. The molecule has 0 aliphatic heterocycles. The minimum absolute atomic E-state index is 0.268. The molecule has 2 aromatic rings. The molecule has 0 amide bonds. The molecule has 0 unspecified atom stereocenters. The average molecular weight is 275 g/mol. The molecule has 0 spiro atoms. The number of nitrogens with one attached hydrogen (secondary N) is 1. The highest BCUT2D eigenvalue weighted by molar-refractivity contribution is 7.89. The fourth-order valence-corrected chi connectivity index (χ4v) is 3.15. The quantitative estimate of drug-likeness (QED) is 0.912. The lowest BCUT2D eigenvalue weighted by Crippen LogP contribution is -2.32. The van der Waals surface area contributed by atoms with Gasteiger partial charge < -0.3 is 0 Å². The number of hydrogen-bond acceptors (Lipinski definition) is 2. The highest BCUT2D eigenvalue weighted by Gasteiger charge is 2.17. The van der Waals surface area contributed by atoms with E-state index < -0.39 is 10.0 Å². The summed E-state index contributed by atoms with van der Waals surface area (Å²) in [6.45, 7) is 7.47. The molecule has 1 N–H and O–H groups in total. The number of sulfonamides is 1. The molecular weight excluding hydrogens is 258 g/mol. The number of fused-ring (bicyclic) bond motifs is 1. The lowest BCUT2D eigenvalue weighted by atomic mass is 10.1. The topological polar surface area (TPSA) is 46.2 Å². The summed E-state index contributed by atoms with van der Waals surface area (Å²) in [4.78, 5) is 0.268. The molecule has 0 aliphatic carbocycles. The molecule has 0 aromatic heterocycles. The van der Waals surface area contributed by atoms with E-state index in [4.69, 9.17) is 0 Å². The van der Waals surface area contributed by atoms with Gasteiger partial charge >= 0.3 is 0 Å². The Morgan fingerprint density at radius 2 is 1.79 bits per heavy atom. The molecule has 0 bridgehead atoms. The monoisotopic (exact) mass is 275 g/mol. The third-order valence-electron chi connectivity index (χ3n) is 2.91. The Labute approximate surface area is 114 Å². The van der Waals surface area contributed by atoms with Gasteiger partial charge in [0.2, 0.25) is 10.0 Å². The van der Waals surface area contributed by atoms with Crippen LogP contribution in [0.4, 0.5) is 0 Å². The van der Waals surface area contributed by atoms with Gasteiger partial charge in [-0.15, -0.1) is 0 Å². The van der Waals surface area contributed by atoms with Crippen LogP contribution in [0.5, 0.6) is 0 Å². The van der Waals surface area contributed by atoms with Crippen molar-refractivity contribution in [2.75, 3.05) is 0 Å². The summed E-state index contributed by atoms with van der Waals surface area (Å²) in [6.07, 6.45) is 1.27. The van der Waals surface area contributed by atoms with Crippen molar-refractivity contribution in [1.82, 2.24) is 4.72 Å². The second kappa shape index (κ2) is 5.72. The van der Waals surface area contributed by atoms with Crippen LogP contribution in [0, 0.1) is 13.8 Å². The standard InChI is InChI=1S/C15H17NO2S/c1-3-6-12(2)16-19(17,18)15-10-9-13-7-4-5-8-14(13)11-15/h4-5,7-12,16H,1-3,6H2/t12-/m0/s1. The minimum Gasteiger partial charge on any atom is -0.208 e. The van der Waals surface area contributed by atoms with E-state index >= 15 is 0 Å². The van der Waals surface area contributed by atoms with Crippen molar-refractivity contribution in [2.24, 2.45) is 0 Å². The highest BCUT2D eigenvalue weighted by Crippen LogP contribution is 2.19. The number of hydrogen-bond donors (Lipinski definition) is 1. The van der Waals surface area contributed by atoms with Crippen LogP contribution in [0.25, 0.3) is 10.8 Å². The molecule has 2 rings (SSSR count). The average Bonchev–Trinajstić information content (AvgIpc) is 2.37. The second-order valence-electron chi connectivity index (χ2n) is 4.47. The molecule has 0 aliphatic rings. The van der Waals surface area contributed by atoms with E-state index in [1.165, 1.54) is 0 Å². The van der Waals surface area contributed by atoms with Gasteiger partial charge in [-0.2, -0.15) is 0 Å². The van der Waals surface area contributed by atoms with Crippen molar-refractivity contribution in [2.45, 2.75) is 23.8 Å². The number of rotatable bonds is 5. The van der Waals surface area contributed by atoms with Crippen LogP contribution >= 0.6 is 0 Å². The first-order chi connectivity index (χ1) is 9.03. The van der Waals surface area contributed by atoms with E-state index in [0.717, 1.165) is 10.8 Å². The van der Waals surface area contributed by atoms with Gasteiger partial charge in [-0.3, -0.25) is 0 Å². The van der Waals surface area contributed by atoms with Gasteiger partial charge in [-0.1, -0.05) is 43.7 Å². The Morgan fingerprint density at radius 1 is 1.11 bits per heavy atom. The SMILES string of the molecule is [CH2]CC[C@H]([CH2])NS(=O)(=O)c1ccc2ccccc2c1. The van der Waals surface area contributed by atoms with Crippen molar-refractivity contribution >= 4 is 20.8 Å². The summed E-state index contributed by atoms with van der Waals surface area (Å²) < 4.78 is 26.9. The third-order valence-corrected chi connectivity index (χ3v) is 4.42. The zero-order chi connectivity index (χ0) is 13.9. The molecule has 2 aromatic carbocycles. The van der Waals surface area contributed by atoms with Crippen molar-refractivity contribution in [3.63, 3.8) is 0 Å². The van der Waals surface area contributed by atoms with Crippen LogP contribution < -0.4 is 4.72 Å². The second-order valence-corrected chi connectivity index (χ2v) is 6.18. The molecule has 1 atom stereocenters. The number of benzene rings is 2. The molecule has 4 heteroatoms. The van der Waals surface area contributed by atoms with Crippen LogP contribution in [0.2, 0.25) is 0 Å². The smallest absolute Gasteiger partial charge is 0.208 e. The van der Waals surface area contributed by atoms with E-state index in [1.807, 2.05) is 30.3 Å². The van der Waals surface area contributed by atoms with Crippen molar-refractivity contribution in [3.05, 3.63) is 56.3 Å². The molecule has 2 radical (unpaired) electrons. The van der Waals surface area contributed by atoms with Gasteiger partial charge in [0.1, 0.15) is 0 Å². The van der Waals surface area contributed by atoms with Crippen molar-refractivity contribution in [3.8, 4) is 0 Å². The fourth-order valence-electron chi connectivity index (χ4n) is 1.93. The third kappa shape index (κ3) is 3.33. The van der Waals surface area contributed by atoms with Gasteiger partial charge in [-0.05, 0) is 36.2 Å². The predicted molar refractivity (Wildman–Crippen MR) is 78.0 cm³/mol. The van der Waals surface area contributed by atoms with Crippen LogP contribution in [-0.4, -0.2) is 14.5 Å². The first kappa shape index (κ1) is 14.0. The van der Waals surface area contributed by atoms with E-state index in [2.05, 4.69) is 18.6 Å².